The minimum Gasteiger partial charge on any atom is -0.315 e. The van der Waals surface area contributed by atoms with Gasteiger partial charge in [0, 0.05) is 25.0 Å². The van der Waals surface area contributed by atoms with Crippen LogP contribution >= 0.6 is 0 Å². The van der Waals surface area contributed by atoms with Crippen LogP contribution in [0.5, 0.6) is 0 Å². The minimum absolute atomic E-state index is 0.424. The van der Waals surface area contributed by atoms with E-state index in [4.69, 9.17) is 0 Å². The van der Waals surface area contributed by atoms with Gasteiger partial charge in [-0.25, -0.2) is 0 Å². The molecule has 0 aliphatic carbocycles. The van der Waals surface area contributed by atoms with E-state index in [9.17, 15) is 0 Å². The second-order valence-electron chi connectivity index (χ2n) is 4.50. The fourth-order valence-electron chi connectivity index (χ4n) is 1.55. The van der Waals surface area contributed by atoms with E-state index in [1.54, 1.807) is 0 Å². The van der Waals surface area contributed by atoms with Crippen molar-refractivity contribution in [2.45, 2.75) is 39.3 Å². The standard InChI is InChI=1S/C12H24N4/c1-11(2)14-7-4-6-13-10-12(3)16-9-5-8-15-16/h5,8-9,11-14H,4,6-7,10H2,1-3H3. The average molecular weight is 224 g/mol. The third-order valence-electron chi connectivity index (χ3n) is 2.50. The molecule has 2 N–H and O–H groups in total. The summed E-state index contributed by atoms with van der Waals surface area (Å²) in [6, 6.07) is 2.97. The van der Waals surface area contributed by atoms with E-state index < -0.39 is 0 Å². The van der Waals surface area contributed by atoms with Gasteiger partial charge >= 0.3 is 0 Å². The Balaban J connectivity index is 1.99. The normalized spacial score (nSPS) is 13.2. The molecule has 4 heteroatoms. The molecule has 1 atom stereocenters. The predicted molar refractivity (Wildman–Crippen MR) is 67.6 cm³/mol. The highest BCUT2D eigenvalue weighted by molar-refractivity contribution is 4.81. The van der Waals surface area contributed by atoms with Crippen molar-refractivity contribution in [1.82, 2.24) is 20.4 Å². The van der Waals surface area contributed by atoms with Crippen molar-refractivity contribution in [3.8, 4) is 0 Å². The lowest BCUT2D eigenvalue weighted by atomic mass is 10.3. The minimum atomic E-state index is 0.424. The van der Waals surface area contributed by atoms with Crippen molar-refractivity contribution in [1.29, 1.82) is 0 Å². The first-order valence-electron chi connectivity index (χ1n) is 6.13. The Kier molecular flexibility index (Phi) is 6.11. The van der Waals surface area contributed by atoms with E-state index >= 15 is 0 Å². The lowest BCUT2D eigenvalue weighted by molar-refractivity contribution is 0.447. The van der Waals surface area contributed by atoms with E-state index in [1.807, 2.05) is 23.1 Å². The topological polar surface area (TPSA) is 41.9 Å². The Labute approximate surface area is 98.4 Å². The second-order valence-corrected chi connectivity index (χ2v) is 4.50. The SMILES string of the molecule is CC(C)NCCCNCC(C)n1cccn1. The van der Waals surface area contributed by atoms with Crippen LogP contribution in [0.2, 0.25) is 0 Å². The van der Waals surface area contributed by atoms with Gasteiger partial charge in [0.15, 0.2) is 0 Å². The summed E-state index contributed by atoms with van der Waals surface area (Å²) in [7, 11) is 0. The largest absolute Gasteiger partial charge is 0.315 e. The van der Waals surface area contributed by atoms with Crippen LogP contribution in [-0.2, 0) is 0 Å². The molecule has 1 aromatic rings. The van der Waals surface area contributed by atoms with E-state index in [1.165, 1.54) is 6.42 Å². The maximum atomic E-state index is 4.22. The predicted octanol–water partition coefficient (Wildman–Crippen LogP) is 1.42. The first kappa shape index (κ1) is 13.2. The second kappa shape index (κ2) is 7.41. The van der Waals surface area contributed by atoms with Crippen molar-refractivity contribution in [2.75, 3.05) is 19.6 Å². The molecule has 0 amide bonds. The van der Waals surface area contributed by atoms with Crippen LogP contribution in [0, 0.1) is 0 Å². The monoisotopic (exact) mass is 224 g/mol. The lowest BCUT2D eigenvalue weighted by Gasteiger charge is -2.13. The van der Waals surface area contributed by atoms with E-state index in [2.05, 4.69) is 36.5 Å². The number of nitrogens with zero attached hydrogens (tertiary/aromatic N) is 2. The summed E-state index contributed by atoms with van der Waals surface area (Å²) in [6.45, 7) is 9.64. The quantitative estimate of drug-likeness (QED) is 0.656. The van der Waals surface area contributed by atoms with Crippen molar-refractivity contribution in [2.24, 2.45) is 0 Å². The highest BCUT2D eigenvalue weighted by Gasteiger charge is 2.02. The van der Waals surface area contributed by atoms with Gasteiger partial charge in [-0.15, -0.1) is 0 Å². The number of hydrogen-bond donors (Lipinski definition) is 2. The number of aromatic nitrogens is 2. The third kappa shape index (κ3) is 5.28. The molecule has 0 fully saturated rings. The molecule has 0 aliphatic heterocycles. The van der Waals surface area contributed by atoms with Crippen LogP contribution in [-0.4, -0.2) is 35.5 Å². The van der Waals surface area contributed by atoms with Gasteiger partial charge in [0.2, 0.25) is 0 Å². The van der Waals surface area contributed by atoms with Crippen LogP contribution in [0.1, 0.15) is 33.2 Å². The summed E-state index contributed by atoms with van der Waals surface area (Å²) < 4.78 is 1.99. The lowest BCUT2D eigenvalue weighted by Crippen LogP contribution is -2.29. The maximum absolute atomic E-state index is 4.22. The molecule has 0 spiro atoms. The summed E-state index contributed by atoms with van der Waals surface area (Å²) >= 11 is 0. The van der Waals surface area contributed by atoms with Gasteiger partial charge in [0.1, 0.15) is 0 Å². The van der Waals surface area contributed by atoms with Gasteiger partial charge in [-0.05, 0) is 32.5 Å². The number of rotatable bonds is 8. The van der Waals surface area contributed by atoms with Gasteiger partial charge in [0.25, 0.3) is 0 Å². The molecule has 1 aromatic heterocycles. The molecular formula is C12H24N4. The third-order valence-corrected chi connectivity index (χ3v) is 2.50. The van der Waals surface area contributed by atoms with Gasteiger partial charge in [-0.3, -0.25) is 4.68 Å². The molecule has 0 saturated heterocycles. The maximum Gasteiger partial charge on any atom is 0.0615 e. The van der Waals surface area contributed by atoms with Gasteiger partial charge in [-0.2, -0.15) is 5.10 Å². The first-order valence-corrected chi connectivity index (χ1v) is 6.13. The van der Waals surface area contributed by atoms with E-state index in [-0.39, 0.29) is 0 Å². The summed E-state index contributed by atoms with van der Waals surface area (Å²) in [5.74, 6) is 0. The molecular weight excluding hydrogens is 200 g/mol. The molecule has 0 radical (unpaired) electrons. The Hall–Kier alpha value is -0.870. The zero-order valence-electron chi connectivity index (χ0n) is 10.6. The molecule has 4 nitrogen and oxygen atoms in total. The van der Waals surface area contributed by atoms with Crippen molar-refractivity contribution in [3.05, 3.63) is 18.5 Å². The Bertz CT molecular complexity index is 256. The Morgan fingerprint density at radius 2 is 2.06 bits per heavy atom. The molecule has 1 heterocycles. The van der Waals surface area contributed by atoms with Crippen molar-refractivity contribution < 1.29 is 0 Å². The van der Waals surface area contributed by atoms with Crippen LogP contribution in [0.3, 0.4) is 0 Å². The van der Waals surface area contributed by atoms with Crippen LogP contribution in [0.15, 0.2) is 18.5 Å². The highest BCUT2D eigenvalue weighted by atomic mass is 15.3. The fourth-order valence-corrected chi connectivity index (χ4v) is 1.55. The van der Waals surface area contributed by atoms with Gasteiger partial charge in [0.05, 0.1) is 6.04 Å². The number of hydrogen-bond acceptors (Lipinski definition) is 3. The summed E-state index contributed by atoms with van der Waals surface area (Å²) in [4.78, 5) is 0. The summed E-state index contributed by atoms with van der Waals surface area (Å²) in [6.07, 6.45) is 5.00. The fraction of sp³-hybridized carbons (Fsp3) is 0.750. The highest BCUT2D eigenvalue weighted by Crippen LogP contribution is 2.00. The Morgan fingerprint density at radius 1 is 1.25 bits per heavy atom. The van der Waals surface area contributed by atoms with Crippen LogP contribution in [0.25, 0.3) is 0 Å². The van der Waals surface area contributed by atoms with Crippen molar-refractivity contribution in [3.63, 3.8) is 0 Å². The molecule has 1 rings (SSSR count). The van der Waals surface area contributed by atoms with Crippen LogP contribution in [0.4, 0.5) is 0 Å². The molecule has 16 heavy (non-hydrogen) atoms. The number of nitrogens with one attached hydrogen (secondary N) is 2. The molecule has 0 saturated carbocycles. The molecule has 92 valence electrons. The zero-order valence-corrected chi connectivity index (χ0v) is 10.6. The van der Waals surface area contributed by atoms with E-state index in [0.717, 1.165) is 19.6 Å². The van der Waals surface area contributed by atoms with Crippen LogP contribution < -0.4 is 10.6 Å². The van der Waals surface area contributed by atoms with Gasteiger partial charge < -0.3 is 10.6 Å². The average Bonchev–Trinajstić information content (AvgIpc) is 2.75. The van der Waals surface area contributed by atoms with Crippen molar-refractivity contribution >= 4 is 0 Å². The molecule has 1 unspecified atom stereocenters. The Morgan fingerprint density at radius 3 is 2.69 bits per heavy atom. The zero-order chi connectivity index (χ0) is 11.8. The first-order chi connectivity index (χ1) is 7.70. The molecule has 0 aromatic carbocycles. The smallest absolute Gasteiger partial charge is 0.0615 e. The molecule has 0 bridgehead atoms. The summed E-state index contributed by atoms with van der Waals surface area (Å²) in [5.41, 5.74) is 0. The van der Waals surface area contributed by atoms with Gasteiger partial charge in [-0.1, -0.05) is 13.8 Å². The van der Waals surface area contributed by atoms with E-state index in [0.29, 0.717) is 12.1 Å². The summed E-state index contributed by atoms with van der Waals surface area (Å²) in [5, 5.41) is 11.1. The molecule has 0 aliphatic rings.